The normalized spacial score (nSPS) is 10.4. The van der Waals surface area contributed by atoms with E-state index in [0.29, 0.717) is 5.56 Å². The lowest BCUT2D eigenvalue weighted by Crippen LogP contribution is -1.90. The number of aromatic nitrogens is 1. The topological polar surface area (TPSA) is 28.7 Å². The molecule has 2 aromatic rings. The number of halogens is 4. The molecule has 0 atom stereocenters. The molecule has 0 aliphatic rings. The molecule has 0 saturated carbocycles. The molecular formula is C12H6Cl2F2N2. The first kappa shape index (κ1) is 12.9. The third-order valence-electron chi connectivity index (χ3n) is 2.46. The van der Waals surface area contributed by atoms with E-state index in [2.05, 4.69) is 0 Å². The molecule has 0 amide bonds. The van der Waals surface area contributed by atoms with Gasteiger partial charge in [-0.05, 0) is 12.1 Å². The zero-order chi connectivity index (χ0) is 13.3. The van der Waals surface area contributed by atoms with Crippen LogP contribution < -0.4 is 0 Å². The SMILES string of the molecule is N#Cc1cn(CCl)cc1-c1ccc(F)c(Cl)c1F. The van der Waals surface area contributed by atoms with Gasteiger partial charge in [0.05, 0.1) is 11.6 Å². The summed E-state index contributed by atoms with van der Waals surface area (Å²) in [5.74, 6) is -1.73. The smallest absolute Gasteiger partial charge is 0.152 e. The van der Waals surface area contributed by atoms with Crippen LogP contribution in [0, 0.1) is 23.0 Å². The Balaban J connectivity index is 2.66. The van der Waals surface area contributed by atoms with E-state index in [1.807, 2.05) is 6.07 Å². The van der Waals surface area contributed by atoms with Crippen LogP contribution in [0.2, 0.25) is 5.02 Å². The van der Waals surface area contributed by atoms with Gasteiger partial charge in [-0.2, -0.15) is 5.26 Å². The molecule has 0 unspecified atom stereocenters. The van der Waals surface area contributed by atoms with Gasteiger partial charge in [-0.3, -0.25) is 0 Å². The lowest BCUT2D eigenvalue weighted by Gasteiger charge is -2.04. The third-order valence-corrected chi connectivity index (χ3v) is 3.09. The summed E-state index contributed by atoms with van der Waals surface area (Å²) in [5.41, 5.74) is 0.650. The third kappa shape index (κ3) is 2.07. The van der Waals surface area contributed by atoms with Gasteiger partial charge in [-0.15, -0.1) is 11.6 Å². The Kier molecular flexibility index (Phi) is 3.55. The van der Waals surface area contributed by atoms with E-state index >= 15 is 0 Å². The molecule has 0 aliphatic heterocycles. The van der Waals surface area contributed by atoms with Crippen LogP contribution >= 0.6 is 23.2 Å². The Morgan fingerprint density at radius 2 is 1.94 bits per heavy atom. The second-order valence-corrected chi connectivity index (χ2v) is 4.17. The maximum absolute atomic E-state index is 13.9. The lowest BCUT2D eigenvalue weighted by molar-refractivity contribution is 0.586. The molecule has 92 valence electrons. The van der Waals surface area contributed by atoms with Crippen molar-refractivity contribution in [2.45, 2.75) is 6.00 Å². The Morgan fingerprint density at radius 1 is 1.22 bits per heavy atom. The molecule has 0 aliphatic carbocycles. The van der Waals surface area contributed by atoms with Gasteiger partial charge < -0.3 is 4.57 Å². The van der Waals surface area contributed by atoms with E-state index in [-0.39, 0.29) is 17.1 Å². The van der Waals surface area contributed by atoms with Crippen molar-refractivity contribution in [2.24, 2.45) is 0 Å². The summed E-state index contributed by atoms with van der Waals surface area (Å²) in [4.78, 5) is 0. The summed E-state index contributed by atoms with van der Waals surface area (Å²) < 4.78 is 28.4. The van der Waals surface area contributed by atoms with Crippen molar-refractivity contribution in [3.05, 3.63) is 46.7 Å². The fourth-order valence-corrected chi connectivity index (χ4v) is 1.92. The number of nitriles is 1. The van der Waals surface area contributed by atoms with Crippen LogP contribution in [-0.4, -0.2) is 4.57 Å². The average Bonchev–Trinajstić information content (AvgIpc) is 2.79. The summed E-state index contributed by atoms with van der Waals surface area (Å²) >= 11 is 11.1. The van der Waals surface area contributed by atoms with Crippen LogP contribution in [0.1, 0.15) is 5.56 Å². The number of alkyl halides is 1. The molecular weight excluding hydrogens is 281 g/mol. The van der Waals surface area contributed by atoms with Crippen molar-refractivity contribution in [1.82, 2.24) is 4.57 Å². The van der Waals surface area contributed by atoms with Gasteiger partial charge in [-0.25, -0.2) is 8.78 Å². The van der Waals surface area contributed by atoms with Crippen LogP contribution in [0.4, 0.5) is 8.78 Å². The van der Waals surface area contributed by atoms with E-state index in [1.54, 1.807) is 0 Å². The number of hydrogen-bond acceptors (Lipinski definition) is 1. The monoisotopic (exact) mass is 286 g/mol. The molecule has 1 aromatic heterocycles. The molecule has 1 aromatic carbocycles. The van der Waals surface area contributed by atoms with Gasteiger partial charge in [0, 0.05) is 23.5 Å². The van der Waals surface area contributed by atoms with E-state index < -0.39 is 16.7 Å². The van der Waals surface area contributed by atoms with Crippen molar-refractivity contribution in [3.8, 4) is 17.2 Å². The molecule has 2 rings (SSSR count). The zero-order valence-corrected chi connectivity index (χ0v) is 10.4. The van der Waals surface area contributed by atoms with Crippen LogP contribution in [-0.2, 0) is 6.00 Å². The highest BCUT2D eigenvalue weighted by Gasteiger charge is 2.17. The predicted molar refractivity (Wildman–Crippen MR) is 65.4 cm³/mol. The minimum Gasteiger partial charge on any atom is -0.338 e. The fourth-order valence-electron chi connectivity index (χ4n) is 1.61. The molecule has 18 heavy (non-hydrogen) atoms. The molecule has 1 heterocycles. The van der Waals surface area contributed by atoms with Crippen molar-refractivity contribution >= 4 is 23.2 Å². The summed E-state index contributed by atoms with van der Waals surface area (Å²) in [6.45, 7) is 0. The van der Waals surface area contributed by atoms with E-state index in [0.717, 1.165) is 6.07 Å². The lowest BCUT2D eigenvalue weighted by atomic mass is 10.0. The Bertz CT molecular complexity index is 644. The standard InChI is InChI=1S/C12H6Cl2F2N2/c13-6-18-4-7(3-17)9(5-18)8-1-2-10(15)11(14)12(8)16/h1-2,4-5H,6H2. The predicted octanol–water partition coefficient (Wildman–Crippen LogP) is 4.15. The Hall–Kier alpha value is -1.57. The first-order chi connectivity index (χ1) is 8.58. The maximum atomic E-state index is 13.9. The average molecular weight is 287 g/mol. The van der Waals surface area contributed by atoms with E-state index in [1.165, 1.54) is 23.0 Å². The van der Waals surface area contributed by atoms with Crippen LogP contribution in [0.3, 0.4) is 0 Å². The number of hydrogen-bond donors (Lipinski definition) is 0. The van der Waals surface area contributed by atoms with Gasteiger partial charge in [-0.1, -0.05) is 11.6 Å². The summed E-state index contributed by atoms with van der Waals surface area (Å²) in [6, 6.07) is 4.35. The van der Waals surface area contributed by atoms with Crippen LogP contribution in [0.25, 0.3) is 11.1 Å². The molecule has 0 saturated heterocycles. The molecule has 0 N–H and O–H groups in total. The molecule has 0 fully saturated rings. The Labute approximate surface area is 112 Å². The largest absolute Gasteiger partial charge is 0.338 e. The number of nitrogens with zero attached hydrogens (tertiary/aromatic N) is 2. The summed E-state index contributed by atoms with van der Waals surface area (Å²) in [7, 11) is 0. The van der Waals surface area contributed by atoms with Crippen molar-refractivity contribution in [1.29, 1.82) is 5.26 Å². The Morgan fingerprint density at radius 3 is 2.56 bits per heavy atom. The highest BCUT2D eigenvalue weighted by Crippen LogP contribution is 2.32. The first-order valence-electron chi connectivity index (χ1n) is 4.88. The minimum absolute atomic E-state index is 0.0711. The fraction of sp³-hybridized carbons (Fsp3) is 0.0833. The van der Waals surface area contributed by atoms with Gasteiger partial charge in [0.25, 0.3) is 0 Å². The second-order valence-electron chi connectivity index (χ2n) is 3.55. The minimum atomic E-state index is -0.888. The van der Waals surface area contributed by atoms with Crippen molar-refractivity contribution in [3.63, 3.8) is 0 Å². The molecule has 0 spiro atoms. The van der Waals surface area contributed by atoms with E-state index in [4.69, 9.17) is 28.5 Å². The molecule has 0 bridgehead atoms. The van der Waals surface area contributed by atoms with Crippen molar-refractivity contribution in [2.75, 3.05) is 0 Å². The zero-order valence-electron chi connectivity index (χ0n) is 8.92. The van der Waals surface area contributed by atoms with Crippen LogP contribution in [0.15, 0.2) is 24.5 Å². The number of rotatable bonds is 2. The van der Waals surface area contributed by atoms with Gasteiger partial charge in [0.1, 0.15) is 16.9 Å². The second kappa shape index (κ2) is 4.97. The quantitative estimate of drug-likeness (QED) is 0.602. The van der Waals surface area contributed by atoms with Gasteiger partial charge in [0.2, 0.25) is 0 Å². The highest BCUT2D eigenvalue weighted by molar-refractivity contribution is 6.31. The van der Waals surface area contributed by atoms with Gasteiger partial charge >= 0.3 is 0 Å². The molecule has 0 radical (unpaired) electrons. The van der Waals surface area contributed by atoms with Crippen LogP contribution in [0.5, 0.6) is 0 Å². The number of benzene rings is 1. The summed E-state index contributed by atoms with van der Waals surface area (Å²) in [6.07, 6.45) is 3.00. The molecule has 6 heteroatoms. The highest BCUT2D eigenvalue weighted by atomic mass is 35.5. The molecule has 2 nitrogen and oxygen atoms in total. The maximum Gasteiger partial charge on any atom is 0.152 e. The summed E-state index contributed by atoms with van der Waals surface area (Å²) in [5, 5.41) is 8.38. The van der Waals surface area contributed by atoms with Crippen molar-refractivity contribution < 1.29 is 8.78 Å². The van der Waals surface area contributed by atoms with E-state index in [9.17, 15) is 8.78 Å². The first-order valence-corrected chi connectivity index (χ1v) is 5.79. The van der Waals surface area contributed by atoms with Gasteiger partial charge in [0.15, 0.2) is 5.82 Å².